The van der Waals surface area contributed by atoms with Crippen LogP contribution in [-0.2, 0) is 43.4 Å². The van der Waals surface area contributed by atoms with Crippen molar-refractivity contribution in [3.63, 3.8) is 0 Å². The van der Waals surface area contributed by atoms with E-state index < -0.39 is 11.9 Å². The van der Waals surface area contributed by atoms with Gasteiger partial charge in [0.05, 0.1) is 0 Å². The van der Waals surface area contributed by atoms with E-state index in [2.05, 4.69) is 0 Å². The van der Waals surface area contributed by atoms with E-state index >= 15 is 0 Å². The second-order valence-electron chi connectivity index (χ2n) is 1.04. The van der Waals surface area contributed by atoms with Gasteiger partial charge >= 0.3 is 0 Å². The summed E-state index contributed by atoms with van der Waals surface area (Å²) < 4.78 is 0. The van der Waals surface area contributed by atoms with Crippen LogP contribution in [0, 0.1) is 0 Å². The Balaban J connectivity index is -0.0000000300. The Morgan fingerprint density at radius 2 is 1.00 bits per heavy atom. The molecule has 0 bridgehead atoms. The molecule has 6 heteroatoms. The van der Waals surface area contributed by atoms with E-state index in [4.69, 9.17) is 19.8 Å². The van der Waals surface area contributed by atoms with Crippen LogP contribution < -0.4 is 0 Å². The number of carbonyl (C=O) groups is 2. The third-order valence-electron chi connectivity index (χ3n) is 0. The summed E-state index contributed by atoms with van der Waals surface area (Å²) in [7, 11) is 0. The largest absolute Gasteiger partial charge is 0.481 e. The summed E-state index contributed by atoms with van der Waals surface area (Å²) in [5.41, 5.74) is 0. The van der Waals surface area contributed by atoms with Gasteiger partial charge in [-0.25, -0.2) is 0 Å². The molecule has 10 heavy (non-hydrogen) atoms. The van der Waals surface area contributed by atoms with Crippen LogP contribution in [0.1, 0.15) is 13.8 Å². The number of rotatable bonds is 0. The molecule has 0 atom stereocenters. The van der Waals surface area contributed by atoms with Crippen LogP contribution in [0.2, 0.25) is 0 Å². The van der Waals surface area contributed by atoms with Gasteiger partial charge in [-0.2, -0.15) is 0 Å². The van der Waals surface area contributed by atoms with Crippen molar-refractivity contribution in [3.05, 3.63) is 0 Å². The molecule has 0 unspecified atom stereocenters. The number of hydrogen-bond donors (Lipinski definition) is 2. The predicted molar refractivity (Wildman–Crippen MR) is 26.6 cm³/mol. The maximum absolute atomic E-state index is 9.00. The quantitative estimate of drug-likeness (QED) is 0.594. The molecule has 0 aromatic rings. The molecule has 0 aliphatic carbocycles. The van der Waals surface area contributed by atoms with Gasteiger partial charge in [0.2, 0.25) is 0 Å². The van der Waals surface area contributed by atoms with Crippen molar-refractivity contribution >= 4 is 11.9 Å². The molecule has 0 aromatic heterocycles. The van der Waals surface area contributed by atoms with Crippen LogP contribution in [0.5, 0.6) is 0 Å². The van der Waals surface area contributed by atoms with Crippen LogP contribution in [0.4, 0.5) is 0 Å². The SMILES string of the molecule is CC(=O)O.CC(=O)O.[Co].[Cu]. The number of aliphatic carboxylic acids is 2. The molecular weight excluding hydrogens is 235 g/mol. The first-order chi connectivity index (χ1) is 3.46. The molecule has 2 radical (unpaired) electrons. The van der Waals surface area contributed by atoms with E-state index in [0.29, 0.717) is 0 Å². The van der Waals surface area contributed by atoms with E-state index in [1.807, 2.05) is 0 Å². The van der Waals surface area contributed by atoms with Crippen LogP contribution in [0.15, 0.2) is 0 Å². The summed E-state index contributed by atoms with van der Waals surface area (Å²) in [6.07, 6.45) is 0. The minimum Gasteiger partial charge on any atom is -0.481 e. The van der Waals surface area contributed by atoms with E-state index in [1.54, 1.807) is 0 Å². The number of carboxylic acids is 2. The number of carboxylic acid groups (broad SMARTS) is 2. The Labute approximate surface area is 79.7 Å². The van der Waals surface area contributed by atoms with E-state index in [-0.39, 0.29) is 33.8 Å². The van der Waals surface area contributed by atoms with Gasteiger partial charge in [0.1, 0.15) is 0 Å². The maximum atomic E-state index is 9.00. The van der Waals surface area contributed by atoms with Crippen LogP contribution >= 0.6 is 0 Å². The van der Waals surface area contributed by atoms with E-state index in [0.717, 1.165) is 13.8 Å². The van der Waals surface area contributed by atoms with Gasteiger partial charge < -0.3 is 10.2 Å². The van der Waals surface area contributed by atoms with Crippen molar-refractivity contribution in [3.8, 4) is 0 Å². The average molecular weight is 243 g/mol. The standard InChI is InChI=1S/2C2H4O2.Co.Cu/c2*1-2(3)4;;/h2*1H3,(H,3,4);;. The summed E-state index contributed by atoms with van der Waals surface area (Å²) in [5.74, 6) is -1.67. The number of hydrogen-bond acceptors (Lipinski definition) is 2. The zero-order chi connectivity index (χ0) is 7.15. The maximum Gasteiger partial charge on any atom is 0.300 e. The van der Waals surface area contributed by atoms with Gasteiger partial charge in [0.15, 0.2) is 0 Å². The molecule has 0 amide bonds. The van der Waals surface area contributed by atoms with Gasteiger partial charge in [-0.3, -0.25) is 9.59 Å². The average Bonchev–Trinajstić information content (AvgIpc) is 1.25. The zero-order valence-electron chi connectivity index (χ0n) is 5.35. The molecule has 0 saturated carbocycles. The monoisotopic (exact) mass is 242 g/mol. The first-order valence-corrected chi connectivity index (χ1v) is 1.86. The first-order valence-electron chi connectivity index (χ1n) is 1.86. The summed E-state index contributed by atoms with van der Waals surface area (Å²) in [6.45, 7) is 2.17. The van der Waals surface area contributed by atoms with Gasteiger partial charge in [-0.1, -0.05) is 0 Å². The fraction of sp³-hybridized carbons (Fsp3) is 0.500. The molecule has 0 rings (SSSR count). The molecule has 0 heterocycles. The van der Waals surface area contributed by atoms with Gasteiger partial charge in [0.25, 0.3) is 11.9 Å². The second-order valence-corrected chi connectivity index (χ2v) is 1.04. The summed E-state index contributed by atoms with van der Waals surface area (Å²) >= 11 is 0. The fourth-order valence-corrected chi connectivity index (χ4v) is 0. The Kier molecular flexibility index (Phi) is 36.0. The van der Waals surface area contributed by atoms with Crippen LogP contribution in [0.25, 0.3) is 0 Å². The summed E-state index contributed by atoms with van der Waals surface area (Å²) in [6, 6.07) is 0. The van der Waals surface area contributed by atoms with Crippen molar-refractivity contribution in [1.29, 1.82) is 0 Å². The minimum absolute atomic E-state index is 0. The van der Waals surface area contributed by atoms with E-state index in [1.165, 1.54) is 0 Å². The molecule has 68 valence electrons. The topological polar surface area (TPSA) is 74.6 Å². The molecule has 0 fully saturated rings. The van der Waals surface area contributed by atoms with Crippen LogP contribution in [-0.4, -0.2) is 22.2 Å². The first kappa shape index (κ1) is 22.5. The van der Waals surface area contributed by atoms with Crippen LogP contribution in [0.3, 0.4) is 0 Å². The molecule has 4 nitrogen and oxygen atoms in total. The van der Waals surface area contributed by atoms with Crippen molar-refractivity contribution in [2.75, 3.05) is 0 Å². The summed E-state index contributed by atoms with van der Waals surface area (Å²) in [5, 5.41) is 14.8. The summed E-state index contributed by atoms with van der Waals surface area (Å²) in [4.78, 5) is 18.0. The zero-order valence-corrected chi connectivity index (χ0v) is 7.33. The Bertz CT molecular complexity index is 75.3. The Morgan fingerprint density at radius 1 is 1.00 bits per heavy atom. The van der Waals surface area contributed by atoms with Crippen molar-refractivity contribution in [2.24, 2.45) is 0 Å². The van der Waals surface area contributed by atoms with Gasteiger partial charge in [-0.15, -0.1) is 0 Å². The van der Waals surface area contributed by atoms with Gasteiger partial charge in [0, 0.05) is 47.7 Å². The molecule has 0 saturated heterocycles. The molecular formula is C4H8CoCuO4. The van der Waals surface area contributed by atoms with Crippen molar-refractivity contribution < 1.29 is 53.6 Å². The normalized spacial score (nSPS) is 5.00. The Hall–Kier alpha value is -0.0340. The molecule has 0 spiro atoms. The molecule has 0 aliphatic heterocycles. The predicted octanol–water partition coefficient (Wildman–Crippen LogP) is 0.177. The minimum atomic E-state index is -0.833. The Morgan fingerprint density at radius 3 is 1.00 bits per heavy atom. The smallest absolute Gasteiger partial charge is 0.300 e. The third-order valence-corrected chi connectivity index (χ3v) is 0. The van der Waals surface area contributed by atoms with Crippen molar-refractivity contribution in [1.82, 2.24) is 0 Å². The second kappa shape index (κ2) is 16.0. The fourth-order valence-electron chi connectivity index (χ4n) is 0. The third kappa shape index (κ3) is 334000. The van der Waals surface area contributed by atoms with Gasteiger partial charge in [-0.05, 0) is 0 Å². The molecule has 2 N–H and O–H groups in total. The van der Waals surface area contributed by atoms with E-state index in [9.17, 15) is 0 Å². The molecule has 0 aliphatic rings. The molecule has 0 aromatic carbocycles. The van der Waals surface area contributed by atoms with Crippen molar-refractivity contribution in [2.45, 2.75) is 13.8 Å².